The van der Waals surface area contributed by atoms with E-state index in [9.17, 15) is 0 Å². The van der Waals surface area contributed by atoms with Crippen molar-refractivity contribution in [3.8, 4) is 0 Å². The predicted molar refractivity (Wildman–Crippen MR) is 75.4 cm³/mol. The third-order valence-corrected chi connectivity index (χ3v) is 3.20. The lowest BCUT2D eigenvalue weighted by molar-refractivity contribution is 0.202. The van der Waals surface area contributed by atoms with Crippen molar-refractivity contribution in [3.63, 3.8) is 0 Å². The van der Waals surface area contributed by atoms with Crippen LogP contribution in [0.25, 0.3) is 0 Å². The molecule has 0 atom stereocenters. The van der Waals surface area contributed by atoms with Gasteiger partial charge in [-0.25, -0.2) is 9.97 Å². The highest BCUT2D eigenvalue weighted by atomic mass is 35.5. The van der Waals surface area contributed by atoms with Crippen molar-refractivity contribution < 1.29 is 4.74 Å². The molecule has 5 heteroatoms. The predicted octanol–water partition coefficient (Wildman–Crippen LogP) is 3.08. The molecule has 0 aliphatic carbocycles. The summed E-state index contributed by atoms with van der Waals surface area (Å²) in [6, 6.07) is 2.27. The van der Waals surface area contributed by atoms with Crippen LogP contribution in [0.2, 0.25) is 5.15 Å². The molecule has 0 spiro atoms. The van der Waals surface area contributed by atoms with E-state index < -0.39 is 0 Å². The number of halogens is 1. The molecule has 0 amide bonds. The second-order valence-corrected chi connectivity index (χ2v) is 4.64. The molecule has 1 rings (SSSR count). The zero-order valence-electron chi connectivity index (χ0n) is 11.6. The summed E-state index contributed by atoms with van der Waals surface area (Å²) in [5.41, 5.74) is 0. The molecule has 0 saturated carbocycles. The normalized spacial score (nSPS) is 11.0. The van der Waals surface area contributed by atoms with Gasteiger partial charge in [-0.05, 0) is 19.8 Å². The number of ether oxygens (including phenoxy) is 1. The Hall–Kier alpha value is -0.870. The van der Waals surface area contributed by atoms with E-state index in [1.165, 1.54) is 0 Å². The summed E-state index contributed by atoms with van der Waals surface area (Å²) in [5, 5.41) is 0.492. The highest BCUT2D eigenvalue weighted by Gasteiger charge is 2.17. The van der Waals surface area contributed by atoms with Crippen LogP contribution in [0, 0.1) is 6.92 Å². The van der Waals surface area contributed by atoms with E-state index in [2.05, 4.69) is 28.7 Å². The Morgan fingerprint density at radius 3 is 2.50 bits per heavy atom. The second-order valence-electron chi connectivity index (χ2n) is 4.25. The van der Waals surface area contributed by atoms with Gasteiger partial charge in [0.05, 0.1) is 6.61 Å². The molecular weight excluding hydrogens is 250 g/mol. The minimum absolute atomic E-state index is 0.450. The Bertz CT molecular complexity index is 349. The van der Waals surface area contributed by atoms with Crippen LogP contribution in [0.15, 0.2) is 6.07 Å². The third kappa shape index (κ3) is 4.10. The number of rotatable bonds is 7. The van der Waals surface area contributed by atoms with E-state index >= 15 is 0 Å². The van der Waals surface area contributed by atoms with Crippen LogP contribution in [0.3, 0.4) is 0 Å². The number of aromatic nitrogens is 2. The quantitative estimate of drug-likeness (QED) is 0.715. The van der Waals surface area contributed by atoms with Crippen LogP contribution in [-0.2, 0) is 4.74 Å². The Balaban J connectivity index is 2.99. The SMILES string of the molecule is CCC(CC)N(CCOC)c1cc(Cl)nc(C)n1. The molecule has 0 aliphatic heterocycles. The second kappa shape index (κ2) is 7.54. The summed E-state index contributed by atoms with van der Waals surface area (Å²) in [5.74, 6) is 1.59. The van der Waals surface area contributed by atoms with Gasteiger partial charge in [0.1, 0.15) is 16.8 Å². The molecular formula is C13H22ClN3O. The molecule has 4 nitrogen and oxygen atoms in total. The van der Waals surface area contributed by atoms with E-state index in [1.807, 2.05) is 13.0 Å². The summed E-state index contributed by atoms with van der Waals surface area (Å²) in [6.45, 7) is 7.72. The molecule has 0 N–H and O–H groups in total. The number of nitrogens with zero attached hydrogens (tertiary/aromatic N) is 3. The van der Waals surface area contributed by atoms with Crippen LogP contribution < -0.4 is 4.90 Å². The number of hydrogen-bond donors (Lipinski definition) is 0. The molecule has 0 bridgehead atoms. The van der Waals surface area contributed by atoms with Gasteiger partial charge in [-0.3, -0.25) is 0 Å². The summed E-state index contributed by atoms with van der Waals surface area (Å²) in [4.78, 5) is 10.8. The van der Waals surface area contributed by atoms with Gasteiger partial charge in [0.2, 0.25) is 0 Å². The standard InChI is InChI=1S/C13H22ClN3O/c1-5-11(6-2)17(7-8-18-4)13-9-12(14)15-10(3)16-13/h9,11H,5-8H2,1-4H3. The maximum absolute atomic E-state index is 6.01. The Morgan fingerprint density at radius 1 is 1.33 bits per heavy atom. The molecule has 0 fully saturated rings. The summed E-state index contributed by atoms with van der Waals surface area (Å²) < 4.78 is 5.18. The molecule has 0 aromatic carbocycles. The van der Waals surface area contributed by atoms with Crippen LogP contribution >= 0.6 is 11.6 Å². The number of anilines is 1. The van der Waals surface area contributed by atoms with Crippen LogP contribution in [-0.4, -0.2) is 36.3 Å². The van der Waals surface area contributed by atoms with Gasteiger partial charge < -0.3 is 9.64 Å². The monoisotopic (exact) mass is 271 g/mol. The third-order valence-electron chi connectivity index (χ3n) is 3.01. The van der Waals surface area contributed by atoms with E-state index in [-0.39, 0.29) is 0 Å². The fourth-order valence-electron chi connectivity index (χ4n) is 2.07. The summed E-state index contributed by atoms with van der Waals surface area (Å²) in [6.07, 6.45) is 2.14. The fraction of sp³-hybridized carbons (Fsp3) is 0.692. The Labute approximate surface area is 114 Å². The number of aryl methyl sites for hydroxylation is 1. The lowest BCUT2D eigenvalue weighted by Gasteiger charge is -2.31. The van der Waals surface area contributed by atoms with Gasteiger partial charge in [0, 0.05) is 25.8 Å². The minimum Gasteiger partial charge on any atom is -0.383 e. The van der Waals surface area contributed by atoms with Gasteiger partial charge in [-0.1, -0.05) is 25.4 Å². The smallest absolute Gasteiger partial charge is 0.134 e. The molecule has 102 valence electrons. The Kier molecular flexibility index (Phi) is 6.36. The van der Waals surface area contributed by atoms with Crippen LogP contribution in [0.1, 0.15) is 32.5 Å². The van der Waals surface area contributed by atoms with Gasteiger partial charge in [0.25, 0.3) is 0 Å². The van der Waals surface area contributed by atoms with Crippen molar-refractivity contribution in [2.45, 2.75) is 39.7 Å². The zero-order chi connectivity index (χ0) is 13.5. The maximum Gasteiger partial charge on any atom is 0.134 e. The van der Waals surface area contributed by atoms with E-state index in [0.29, 0.717) is 23.6 Å². The highest BCUT2D eigenvalue weighted by Crippen LogP contribution is 2.21. The summed E-state index contributed by atoms with van der Waals surface area (Å²) in [7, 11) is 1.71. The fourth-order valence-corrected chi connectivity index (χ4v) is 2.29. The molecule has 1 heterocycles. The number of hydrogen-bond acceptors (Lipinski definition) is 4. The van der Waals surface area contributed by atoms with Gasteiger partial charge in [0.15, 0.2) is 0 Å². The van der Waals surface area contributed by atoms with Crippen LogP contribution in [0.4, 0.5) is 5.82 Å². The van der Waals surface area contributed by atoms with Crippen molar-refractivity contribution in [2.24, 2.45) is 0 Å². The van der Waals surface area contributed by atoms with Gasteiger partial charge in [-0.15, -0.1) is 0 Å². The molecule has 1 aromatic rings. The van der Waals surface area contributed by atoms with Crippen molar-refractivity contribution in [3.05, 3.63) is 17.0 Å². The van der Waals surface area contributed by atoms with E-state index in [1.54, 1.807) is 7.11 Å². The highest BCUT2D eigenvalue weighted by molar-refractivity contribution is 6.29. The van der Waals surface area contributed by atoms with Gasteiger partial charge in [-0.2, -0.15) is 0 Å². The zero-order valence-corrected chi connectivity index (χ0v) is 12.4. The average Bonchev–Trinajstić information content (AvgIpc) is 2.33. The molecule has 1 aromatic heterocycles. The topological polar surface area (TPSA) is 38.2 Å². The molecule has 0 unspecified atom stereocenters. The summed E-state index contributed by atoms with van der Waals surface area (Å²) >= 11 is 6.01. The largest absolute Gasteiger partial charge is 0.383 e. The van der Waals surface area contributed by atoms with E-state index in [0.717, 1.165) is 25.2 Å². The van der Waals surface area contributed by atoms with E-state index in [4.69, 9.17) is 16.3 Å². The molecule has 0 saturated heterocycles. The average molecular weight is 272 g/mol. The van der Waals surface area contributed by atoms with Gasteiger partial charge >= 0.3 is 0 Å². The van der Waals surface area contributed by atoms with Crippen LogP contribution in [0.5, 0.6) is 0 Å². The minimum atomic E-state index is 0.450. The first-order chi connectivity index (χ1) is 8.62. The lowest BCUT2D eigenvalue weighted by atomic mass is 10.1. The number of methoxy groups -OCH3 is 1. The molecule has 0 aliphatic rings. The molecule has 18 heavy (non-hydrogen) atoms. The molecule has 0 radical (unpaired) electrons. The first kappa shape index (κ1) is 15.2. The first-order valence-corrected chi connectivity index (χ1v) is 6.76. The lowest BCUT2D eigenvalue weighted by Crippen LogP contribution is -2.37. The van der Waals surface area contributed by atoms with Crippen molar-refractivity contribution >= 4 is 17.4 Å². The first-order valence-electron chi connectivity index (χ1n) is 6.39. The Morgan fingerprint density at radius 2 is 2.00 bits per heavy atom. The maximum atomic E-state index is 6.01. The van der Waals surface area contributed by atoms with Crippen molar-refractivity contribution in [1.29, 1.82) is 0 Å². The van der Waals surface area contributed by atoms with Crippen molar-refractivity contribution in [2.75, 3.05) is 25.2 Å². The van der Waals surface area contributed by atoms with Crippen molar-refractivity contribution in [1.82, 2.24) is 9.97 Å².